The molecule has 1 aliphatic carbocycles. The Morgan fingerprint density at radius 3 is 3.10 bits per heavy atom. The normalized spacial score (nSPS) is 17.5. The van der Waals surface area contributed by atoms with Gasteiger partial charge in [0.2, 0.25) is 5.91 Å². The first-order chi connectivity index (χ1) is 10.1. The Kier molecular flexibility index (Phi) is 5.09. The summed E-state index contributed by atoms with van der Waals surface area (Å²) < 4.78 is 18.7. The van der Waals surface area contributed by atoms with E-state index in [0.29, 0.717) is 23.7 Å². The summed E-state index contributed by atoms with van der Waals surface area (Å²) in [7, 11) is 0. The Bertz CT molecular complexity index is 567. The molecule has 1 aromatic heterocycles. The third-order valence-corrected chi connectivity index (χ3v) is 3.15. The van der Waals surface area contributed by atoms with Crippen molar-refractivity contribution in [3.63, 3.8) is 0 Å². The van der Waals surface area contributed by atoms with Gasteiger partial charge >= 0.3 is 0 Å². The molecule has 0 fully saturated rings. The average molecular weight is 290 g/mol. The number of hydrogen-bond donors (Lipinski definition) is 1. The Labute approximate surface area is 123 Å². The van der Waals surface area contributed by atoms with Gasteiger partial charge in [-0.2, -0.15) is 0 Å². The number of amides is 1. The quantitative estimate of drug-likeness (QED) is 0.903. The molecule has 21 heavy (non-hydrogen) atoms. The van der Waals surface area contributed by atoms with Gasteiger partial charge in [0.05, 0.1) is 6.67 Å². The molecule has 1 aliphatic rings. The average Bonchev–Trinajstić information content (AvgIpc) is 2.48. The molecular formula is C16H19FN2O2. The summed E-state index contributed by atoms with van der Waals surface area (Å²) in [6.45, 7) is 3.15. The molecule has 1 atom stereocenters. The number of carbonyl (C=O) groups excluding carboxylic acids is 1. The highest BCUT2D eigenvalue weighted by Crippen LogP contribution is 2.26. The number of nitrogens with one attached hydrogen (secondary N) is 1. The summed E-state index contributed by atoms with van der Waals surface area (Å²) in [5.41, 5.74) is 0. The highest BCUT2D eigenvalue weighted by molar-refractivity contribution is 5.91. The lowest BCUT2D eigenvalue weighted by Crippen LogP contribution is -2.18. The van der Waals surface area contributed by atoms with Gasteiger partial charge in [-0.1, -0.05) is 26.0 Å². The Hall–Kier alpha value is -2.17. The van der Waals surface area contributed by atoms with Gasteiger partial charge in [-0.3, -0.25) is 9.18 Å². The number of anilines is 1. The molecule has 2 rings (SSSR count). The SMILES string of the molecule is CC(C)C(=O)Nc1cc(OC2=CC=CCC2CF)ccn1. The standard InChI is InChI=1S/C16H19FN2O2/c1-11(2)16(20)19-15-9-13(7-8-18-15)21-14-6-4-3-5-12(14)10-17/h3-4,6-9,11-12H,5,10H2,1-2H3,(H,18,19,20). The fourth-order valence-electron chi connectivity index (χ4n) is 1.86. The number of hydrogen-bond acceptors (Lipinski definition) is 3. The zero-order chi connectivity index (χ0) is 15.2. The maximum atomic E-state index is 12.9. The number of aromatic nitrogens is 1. The van der Waals surface area contributed by atoms with Crippen molar-refractivity contribution in [1.82, 2.24) is 4.98 Å². The molecule has 1 heterocycles. The third-order valence-electron chi connectivity index (χ3n) is 3.15. The van der Waals surface area contributed by atoms with Crippen molar-refractivity contribution in [1.29, 1.82) is 0 Å². The largest absolute Gasteiger partial charge is 0.461 e. The van der Waals surface area contributed by atoms with E-state index in [1.165, 1.54) is 0 Å². The van der Waals surface area contributed by atoms with E-state index in [1.807, 2.05) is 12.2 Å². The van der Waals surface area contributed by atoms with E-state index in [2.05, 4.69) is 10.3 Å². The van der Waals surface area contributed by atoms with Crippen LogP contribution in [0.25, 0.3) is 0 Å². The second-order valence-corrected chi connectivity index (χ2v) is 5.21. The van der Waals surface area contributed by atoms with Gasteiger partial charge in [0.15, 0.2) is 0 Å². The van der Waals surface area contributed by atoms with Crippen LogP contribution in [-0.4, -0.2) is 17.6 Å². The van der Waals surface area contributed by atoms with Crippen molar-refractivity contribution < 1.29 is 13.9 Å². The molecule has 5 heteroatoms. The molecule has 0 saturated carbocycles. The highest BCUT2D eigenvalue weighted by atomic mass is 19.1. The molecule has 1 N–H and O–H groups in total. The number of allylic oxidation sites excluding steroid dienone is 4. The molecule has 1 aromatic rings. The monoisotopic (exact) mass is 290 g/mol. The minimum absolute atomic E-state index is 0.110. The smallest absolute Gasteiger partial charge is 0.228 e. The molecule has 4 nitrogen and oxygen atoms in total. The van der Waals surface area contributed by atoms with E-state index in [1.54, 1.807) is 38.3 Å². The first kappa shape index (κ1) is 15.2. The van der Waals surface area contributed by atoms with Crippen LogP contribution in [0.1, 0.15) is 20.3 Å². The first-order valence-corrected chi connectivity index (χ1v) is 6.97. The topological polar surface area (TPSA) is 51.2 Å². The number of carbonyl (C=O) groups is 1. The van der Waals surface area contributed by atoms with E-state index in [9.17, 15) is 9.18 Å². The van der Waals surface area contributed by atoms with Gasteiger partial charge in [-0.05, 0) is 18.6 Å². The van der Waals surface area contributed by atoms with Gasteiger partial charge in [-0.15, -0.1) is 0 Å². The second kappa shape index (κ2) is 7.02. The van der Waals surface area contributed by atoms with Crippen LogP contribution in [0.4, 0.5) is 10.2 Å². The number of halogens is 1. The van der Waals surface area contributed by atoms with E-state index in [4.69, 9.17) is 4.74 Å². The van der Waals surface area contributed by atoms with Gasteiger partial charge in [0, 0.05) is 24.1 Å². The van der Waals surface area contributed by atoms with Crippen LogP contribution < -0.4 is 10.1 Å². The third kappa shape index (κ3) is 4.15. The second-order valence-electron chi connectivity index (χ2n) is 5.21. The van der Waals surface area contributed by atoms with E-state index in [-0.39, 0.29) is 17.7 Å². The van der Waals surface area contributed by atoms with Crippen molar-refractivity contribution in [3.05, 3.63) is 42.3 Å². The molecule has 0 aromatic carbocycles. The maximum Gasteiger partial charge on any atom is 0.228 e. The summed E-state index contributed by atoms with van der Waals surface area (Å²) in [5.74, 6) is 1.06. The summed E-state index contributed by atoms with van der Waals surface area (Å²) in [5, 5.41) is 2.71. The number of alkyl halides is 1. The van der Waals surface area contributed by atoms with Crippen LogP contribution >= 0.6 is 0 Å². The van der Waals surface area contributed by atoms with Crippen molar-refractivity contribution in [2.45, 2.75) is 20.3 Å². The van der Waals surface area contributed by atoms with Crippen LogP contribution in [0.15, 0.2) is 42.3 Å². The van der Waals surface area contributed by atoms with Gasteiger partial charge in [0.25, 0.3) is 0 Å². The van der Waals surface area contributed by atoms with Crippen molar-refractivity contribution >= 4 is 11.7 Å². The molecule has 0 spiro atoms. The van der Waals surface area contributed by atoms with Crippen molar-refractivity contribution in [2.24, 2.45) is 11.8 Å². The van der Waals surface area contributed by atoms with Gasteiger partial charge in [0.1, 0.15) is 17.3 Å². The molecule has 1 amide bonds. The maximum absolute atomic E-state index is 12.9. The molecule has 0 radical (unpaired) electrons. The molecule has 1 unspecified atom stereocenters. The Balaban J connectivity index is 2.09. The minimum Gasteiger partial charge on any atom is -0.461 e. The van der Waals surface area contributed by atoms with Crippen LogP contribution in [0, 0.1) is 11.8 Å². The fraction of sp³-hybridized carbons (Fsp3) is 0.375. The van der Waals surface area contributed by atoms with Crippen LogP contribution in [-0.2, 0) is 4.79 Å². The highest BCUT2D eigenvalue weighted by Gasteiger charge is 2.17. The van der Waals surface area contributed by atoms with Crippen LogP contribution in [0.5, 0.6) is 5.75 Å². The minimum atomic E-state index is -0.460. The fourth-order valence-corrected chi connectivity index (χ4v) is 1.86. The predicted octanol–water partition coefficient (Wildman–Crippen LogP) is 3.48. The number of nitrogens with zero attached hydrogens (tertiary/aromatic N) is 1. The van der Waals surface area contributed by atoms with E-state index in [0.717, 1.165) is 0 Å². The number of ether oxygens (including phenoxy) is 1. The summed E-state index contributed by atoms with van der Waals surface area (Å²) in [6, 6.07) is 3.31. The van der Waals surface area contributed by atoms with Gasteiger partial charge in [-0.25, -0.2) is 4.98 Å². The molecule has 0 bridgehead atoms. The zero-order valence-corrected chi connectivity index (χ0v) is 12.2. The van der Waals surface area contributed by atoms with Crippen molar-refractivity contribution in [3.8, 4) is 5.75 Å². The van der Waals surface area contributed by atoms with Gasteiger partial charge < -0.3 is 10.1 Å². The molecular weight excluding hydrogens is 271 g/mol. The van der Waals surface area contributed by atoms with Crippen LogP contribution in [0.3, 0.4) is 0 Å². The Morgan fingerprint density at radius 1 is 1.57 bits per heavy atom. The lowest BCUT2D eigenvalue weighted by Gasteiger charge is -2.19. The summed E-state index contributed by atoms with van der Waals surface area (Å²) in [6.07, 6.45) is 7.71. The summed E-state index contributed by atoms with van der Waals surface area (Å²) >= 11 is 0. The lowest BCUT2D eigenvalue weighted by atomic mass is 10.0. The molecule has 0 saturated heterocycles. The van der Waals surface area contributed by atoms with E-state index >= 15 is 0 Å². The Morgan fingerprint density at radius 2 is 2.38 bits per heavy atom. The lowest BCUT2D eigenvalue weighted by molar-refractivity contribution is -0.118. The first-order valence-electron chi connectivity index (χ1n) is 6.97. The molecule has 112 valence electrons. The molecule has 0 aliphatic heterocycles. The van der Waals surface area contributed by atoms with Crippen LogP contribution in [0.2, 0.25) is 0 Å². The summed E-state index contributed by atoms with van der Waals surface area (Å²) in [4.78, 5) is 15.7. The van der Waals surface area contributed by atoms with E-state index < -0.39 is 6.67 Å². The van der Waals surface area contributed by atoms with Crippen molar-refractivity contribution in [2.75, 3.05) is 12.0 Å². The number of pyridine rings is 1. The number of rotatable bonds is 5. The predicted molar refractivity (Wildman–Crippen MR) is 79.6 cm³/mol. The zero-order valence-electron chi connectivity index (χ0n) is 12.2.